The number of likely N-dealkylation sites (tertiary alicyclic amines) is 1. The van der Waals surface area contributed by atoms with Crippen LogP contribution in [-0.4, -0.2) is 43.0 Å². The van der Waals surface area contributed by atoms with E-state index in [4.69, 9.17) is 0 Å². The number of sulfone groups is 1. The van der Waals surface area contributed by atoms with Gasteiger partial charge in [0.15, 0.2) is 9.84 Å². The van der Waals surface area contributed by atoms with E-state index in [0.29, 0.717) is 25.3 Å². The average Bonchev–Trinajstić information content (AvgIpc) is 3.79. The molecule has 198 valence electrons. The summed E-state index contributed by atoms with van der Waals surface area (Å²) in [6.07, 6.45) is -2.13. The second-order valence-corrected chi connectivity index (χ2v) is 12.3. The minimum Gasteiger partial charge on any atom is -0.347 e. The Morgan fingerprint density at radius 2 is 1.84 bits per heavy atom. The molecule has 1 saturated heterocycles. The van der Waals surface area contributed by atoms with Crippen molar-refractivity contribution < 1.29 is 35.6 Å². The van der Waals surface area contributed by atoms with Gasteiger partial charge in [-0.1, -0.05) is 19.1 Å². The average molecular weight is 539 g/mol. The molecule has 11 heteroatoms. The highest BCUT2D eigenvalue weighted by Gasteiger charge is 2.56. The number of nitrogens with zero attached hydrogens (tertiary/aromatic N) is 1. The fraction of sp³-hybridized carbons (Fsp3) is 0.462. The van der Waals surface area contributed by atoms with Crippen LogP contribution in [0, 0.1) is 17.7 Å². The van der Waals surface area contributed by atoms with Gasteiger partial charge >= 0.3 is 6.18 Å². The highest BCUT2D eigenvalue weighted by atomic mass is 32.2. The van der Waals surface area contributed by atoms with Gasteiger partial charge < -0.3 is 10.2 Å². The zero-order valence-electron chi connectivity index (χ0n) is 20.0. The number of hydrogen-bond donors (Lipinski definition) is 1. The Morgan fingerprint density at radius 3 is 2.46 bits per heavy atom. The largest absolute Gasteiger partial charge is 0.416 e. The Morgan fingerprint density at radius 1 is 1.11 bits per heavy atom. The van der Waals surface area contributed by atoms with Crippen molar-refractivity contribution in [3.05, 3.63) is 65.0 Å². The third kappa shape index (κ3) is 4.97. The summed E-state index contributed by atoms with van der Waals surface area (Å²) < 4.78 is 78.3. The van der Waals surface area contributed by atoms with Crippen LogP contribution in [0.5, 0.6) is 0 Å². The van der Waals surface area contributed by atoms with Crippen molar-refractivity contribution in [2.75, 3.05) is 5.75 Å². The number of amides is 2. The van der Waals surface area contributed by atoms with E-state index in [0.717, 1.165) is 18.6 Å². The second-order valence-electron chi connectivity index (χ2n) is 10.0. The van der Waals surface area contributed by atoms with Gasteiger partial charge in [0, 0.05) is 17.2 Å². The Bertz CT molecular complexity index is 1360. The van der Waals surface area contributed by atoms with E-state index in [1.165, 1.54) is 36.1 Å². The van der Waals surface area contributed by atoms with Gasteiger partial charge in [0.05, 0.1) is 22.3 Å². The van der Waals surface area contributed by atoms with E-state index in [1.54, 1.807) is 0 Å². The first-order valence-corrected chi connectivity index (χ1v) is 13.9. The summed E-state index contributed by atoms with van der Waals surface area (Å²) in [6, 6.07) is 6.26. The van der Waals surface area contributed by atoms with Crippen molar-refractivity contribution in [2.24, 2.45) is 11.8 Å². The van der Waals surface area contributed by atoms with E-state index in [-0.39, 0.29) is 39.7 Å². The molecule has 2 saturated carbocycles. The number of rotatable bonds is 7. The molecule has 3 fully saturated rings. The number of carbonyl (C=O) groups excluding carboxylic acids is 2. The quantitative estimate of drug-likeness (QED) is 0.526. The number of fused-ring (bicyclic) bond motifs is 1. The number of halogens is 4. The monoisotopic (exact) mass is 538 g/mol. The molecule has 1 N–H and O–H groups in total. The zero-order chi connectivity index (χ0) is 26.7. The molecule has 0 radical (unpaired) electrons. The maximum Gasteiger partial charge on any atom is 0.416 e. The van der Waals surface area contributed by atoms with Crippen LogP contribution in [0.1, 0.15) is 60.1 Å². The summed E-state index contributed by atoms with van der Waals surface area (Å²) >= 11 is 0. The van der Waals surface area contributed by atoms with Crippen molar-refractivity contribution in [3.63, 3.8) is 0 Å². The molecule has 1 heterocycles. The molecule has 37 heavy (non-hydrogen) atoms. The first-order chi connectivity index (χ1) is 17.4. The molecule has 1 unspecified atom stereocenters. The Balaban J connectivity index is 1.38. The van der Waals surface area contributed by atoms with Crippen molar-refractivity contribution in [1.82, 2.24) is 10.2 Å². The fourth-order valence-corrected chi connectivity index (χ4v) is 6.13. The first-order valence-electron chi connectivity index (χ1n) is 12.2. The SMILES string of the molecule is CCS(=O)(=O)c1cccc(C(=O)N2C(C(=O)N[C@@H](c3ccc(C(F)(F)F)cc3F)C3CC3)C[C@H]3C[C@H]32)c1. The molecule has 2 aromatic carbocycles. The number of nitrogens with one attached hydrogen (secondary N) is 1. The van der Waals surface area contributed by atoms with E-state index >= 15 is 0 Å². The summed E-state index contributed by atoms with van der Waals surface area (Å²) in [5, 5.41) is 2.81. The van der Waals surface area contributed by atoms with Crippen LogP contribution in [0.2, 0.25) is 0 Å². The van der Waals surface area contributed by atoms with Gasteiger partial charge in [-0.05, 0) is 67.9 Å². The number of piperidine rings is 1. The van der Waals surface area contributed by atoms with Gasteiger partial charge in [0.2, 0.25) is 5.91 Å². The van der Waals surface area contributed by atoms with Crippen molar-refractivity contribution in [3.8, 4) is 0 Å². The van der Waals surface area contributed by atoms with E-state index < -0.39 is 51.3 Å². The van der Waals surface area contributed by atoms with Crippen molar-refractivity contribution >= 4 is 21.7 Å². The van der Waals surface area contributed by atoms with Gasteiger partial charge in [-0.15, -0.1) is 0 Å². The molecular weight excluding hydrogens is 512 g/mol. The zero-order valence-corrected chi connectivity index (χ0v) is 20.8. The molecular formula is C26H26F4N2O4S. The summed E-state index contributed by atoms with van der Waals surface area (Å²) in [5.41, 5.74) is -0.954. The first kappa shape index (κ1) is 25.7. The Hall–Kier alpha value is -2.95. The molecule has 1 aliphatic heterocycles. The summed E-state index contributed by atoms with van der Waals surface area (Å²) in [7, 11) is -3.53. The highest BCUT2D eigenvalue weighted by Crippen LogP contribution is 2.49. The lowest BCUT2D eigenvalue weighted by atomic mass is 9.99. The standard InChI is InChI=1S/C26H26F4N2O4S/c1-2-37(35,36)18-5-3-4-15(10-18)25(34)32-21-11-16(21)12-22(32)24(33)31-23(14-6-7-14)19-9-8-17(13-20(19)27)26(28,29)30/h3-5,8-10,13-14,16,21-23H,2,6-7,11-12H2,1H3,(H,31,33)/t16-,21-,22?,23-/m1/s1. The number of carbonyl (C=O) groups is 2. The van der Waals surface area contributed by atoms with Gasteiger partial charge in [0.1, 0.15) is 11.9 Å². The summed E-state index contributed by atoms with van der Waals surface area (Å²) in [4.78, 5) is 28.3. The molecule has 2 aliphatic carbocycles. The van der Waals surface area contributed by atoms with E-state index in [2.05, 4.69) is 5.32 Å². The van der Waals surface area contributed by atoms with Gasteiger partial charge in [-0.2, -0.15) is 13.2 Å². The molecule has 5 rings (SSSR count). The lowest BCUT2D eigenvalue weighted by Crippen LogP contribution is -2.49. The van der Waals surface area contributed by atoms with Crippen LogP contribution in [0.4, 0.5) is 17.6 Å². The van der Waals surface area contributed by atoms with Gasteiger partial charge in [-0.25, -0.2) is 12.8 Å². The second kappa shape index (κ2) is 9.11. The molecule has 6 nitrogen and oxygen atoms in total. The molecule has 0 spiro atoms. The van der Waals surface area contributed by atoms with Crippen LogP contribution >= 0.6 is 0 Å². The minimum absolute atomic E-state index is 0.0117. The maximum atomic E-state index is 14.7. The molecule has 0 aromatic heterocycles. The predicted octanol–water partition coefficient (Wildman–Crippen LogP) is 4.51. The summed E-state index contributed by atoms with van der Waals surface area (Å²) in [6.45, 7) is 1.51. The van der Waals surface area contributed by atoms with E-state index in [9.17, 15) is 35.6 Å². The van der Waals surface area contributed by atoms with Gasteiger partial charge in [0.25, 0.3) is 5.91 Å². The molecule has 4 atom stereocenters. The molecule has 2 aromatic rings. The van der Waals surface area contributed by atoms with Crippen molar-refractivity contribution in [1.29, 1.82) is 0 Å². The minimum atomic E-state index is -4.68. The highest BCUT2D eigenvalue weighted by molar-refractivity contribution is 7.91. The third-order valence-electron chi connectivity index (χ3n) is 7.52. The number of hydrogen-bond acceptors (Lipinski definition) is 4. The van der Waals surface area contributed by atoms with Crippen LogP contribution < -0.4 is 5.32 Å². The van der Waals surface area contributed by atoms with E-state index in [1.807, 2.05) is 0 Å². The normalized spacial score (nSPS) is 23.9. The van der Waals surface area contributed by atoms with Crippen LogP contribution in [0.15, 0.2) is 47.4 Å². The topological polar surface area (TPSA) is 83.6 Å². The fourth-order valence-electron chi connectivity index (χ4n) is 5.21. The lowest BCUT2D eigenvalue weighted by Gasteiger charge is -2.29. The number of benzene rings is 2. The number of alkyl halides is 3. The van der Waals surface area contributed by atoms with Crippen molar-refractivity contribution in [2.45, 2.75) is 61.8 Å². The van der Waals surface area contributed by atoms with Crippen LogP contribution in [0.3, 0.4) is 0 Å². The summed E-state index contributed by atoms with van der Waals surface area (Å²) in [5.74, 6) is -2.07. The van der Waals surface area contributed by atoms with Gasteiger partial charge in [-0.3, -0.25) is 9.59 Å². The molecule has 3 aliphatic rings. The van der Waals surface area contributed by atoms with Crippen LogP contribution in [0.25, 0.3) is 0 Å². The molecule has 0 bridgehead atoms. The Labute approximate surface area is 212 Å². The third-order valence-corrected chi connectivity index (χ3v) is 9.25. The smallest absolute Gasteiger partial charge is 0.347 e. The molecule has 2 amide bonds. The van der Waals surface area contributed by atoms with Crippen LogP contribution in [-0.2, 0) is 20.8 Å². The predicted molar refractivity (Wildman–Crippen MR) is 126 cm³/mol. The lowest BCUT2D eigenvalue weighted by molar-refractivity contribution is -0.137. The maximum absolute atomic E-state index is 14.7. The Kier molecular flexibility index (Phi) is 6.32.